The Hall–Kier alpha value is -0.120. The van der Waals surface area contributed by atoms with Gasteiger partial charge in [0.1, 0.15) is 0 Å². The molecule has 1 saturated carbocycles. The summed E-state index contributed by atoms with van der Waals surface area (Å²) >= 11 is 0. The Balaban J connectivity index is 2.08. The third-order valence-electron chi connectivity index (χ3n) is 3.93. The van der Waals surface area contributed by atoms with E-state index in [9.17, 15) is 0 Å². The lowest BCUT2D eigenvalue weighted by Crippen LogP contribution is -2.67. The monoisotopic (exact) mass is 184 g/mol. The molecular formula is C10H20N2O. The van der Waals surface area contributed by atoms with E-state index in [1.165, 1.54) is 0 Å². The van der Waals surface area contributed by atoms with Crippen molar-refractivity contribution in [1.82, 2.24) is 4.90 Å². The first-order chi connectivity index (χ1) is 6.17. The van der Waals surface area contributed by atoms with Crippen LogP contribution in [0.2, 0.25) is 0 Å². The predicted molar refractivity (Wildman–Crippen MR) is 52.6 cm³/mol. The van der Waals surface area contributed by atoms with Gasteiger partial charge in [0.15, 0.2) is 0 Å². The molecule has 0 aromatic carbocycles. The Morgan fingerprint density at radius 2 is 1.92 bits per heavy atom. The zero-order valence-corrected chi connectivity index (χ0v) is 8.62. The summed E-state index contributed by atoms with van der Waals surface area (Å²) in [7, 11) is 4.32. The number of nitrogens with two attached hydrogens (primary N) is 1. The lowest BCUT2D eigenvalue weighted by Gasteiger charge is -2.58. The van der Waals surface area contributed by atoms with Gasteiger partial charge in [-0.2, -0.15) is 0 Å². The van der Waals surface area contributed by atoms with Crippen LogP contribution in [0, 0.1) is 5.41 Å². The van der Waals surface area contributed by atoms with Crippen molar-refractivity contribution in [2.45, 2.75) is 31.3 Å². The van der Waals surface area contributed by atoms with Crippen molar-refractivity contribution < 1.29 is 4.74 Å². The van der Waals surface area contributed by atoms with Crippen LogP contribution in [0.5, 0.6) is 0 Å². The molecule has 76 valence electrons. The summed E-state index contributed by atoms with van der Waals surface area (Å²) in [4.78, 5) is 2.33. The van der Waals surface area contributed by atoms with Crippen molar-refractivity contribution in [3.63, 3.8) is 0 Å². The molecule has 2 atom stereocenters. The summed E-state index contributed by atoms with van der Waals surface area (Å²) in [6.07, 6.45) is 3.46. The first-order valence-electron chi connectivity index (χ1n) is 5.16. The molecule has 0 radical (unpaired) electrons. The Morgan fingerprint density at radius 1 is 1.31 bits per heavy atom. The van der Waals surface area contributed by atoms with Crippen LogP contribution in [0.15, 0.2) is 0 Å². The Labute approximate surface area is 80.2 Å². The Kier molecular flexibility index (Phi) is 2.34. The standard InChI is InChI=1S/C10H20N2O/c1-12(2)9-7-8(11)10(9)3-5-13-6-4-10/h8-9H,3-7,11H2,1-2H3. The maximum atomic E-state index is 6.13. The van der Waals surface area contributed by atoms with Crippen molar-refractivity contribution >= 4 is 0 Å². The molecule has 2 rings (SSSR count). The van der Waals surface area contributed by atoms with Gasteiger partial charge in [0.05, 0.1) is 0 Å². The molecule has 0 aromatic rings. The molecular weight excluding hydrogens is 164 g/mol. The third kappa shape index (κ3) is 1.30. The number of ether oxygens (including phenoxy) is 1. The second-order valence-corrected chi connectivity index (χ2v) is 4.67. The molecule has 2 N–H and O–H groups in total. The maximum absolute atomic E-state index is 6.13. The molecule has 1 aliphatic heterocycles. The number of hydrogen-bond acceptors (Lipinski definition) is 3. The summed E-state index contributed by atoms with van der Waals surface area (Å²) < 4.78 is 5.40. The average Bonchev–Trinajstić information content (AvgIpc) is 2.15. The predicted octanol–water partition coefficient (Wildman–Crippen LogP) is 0.444. The summed E-state index contributed by atoms with van der Waals surface area (Å²) in [6, 6.07) is 1.09. The van der Waals surface area contributed by atoms with E-state index in [4.69, 9.17) is 10.5 Å². The van der Waals surface area contributed by atoms with Crippen molar-refractivity contribution in [3.8, 4) is 0 Å². The minimum Gasteiger partial charge on any atom is -0.381 e. The quantitative estimate of drug-likeness (QED) is 0.643. The maximum Gasteiger partial charge on any atom is 0.0472 e. The highest BCUT2D eigenvalue weighted by molar-refractivity contribution is 5.09. The summed E-state index contributed by atoms with van der Waals surface area (Å²) in [5, 5.41) is 0. The fourth-order valence-electron chi connectivity index (χ4n) is 2.98. The van der Waals surface area contributed by atoms with E-state index < -0.39 is 0 Å². The van der Waals surface area contributed by atoms with Gasteiger partial charge in [-0.25, -0.2) is 0 Å². The molecule has 1 spiro atoms. The number of rotatable bonds is 1. The third-order valence-corrected chi connectivity index (χ3v) is 3.93. The molecule has 2 aliphatic rings. The minimum absolute atomic E-state index is 0.377. The fourth-order valence-corrected chi connectivity index (χ4v) is 2.98. The van der Waals surface area contributed by atoms with Gasteiger partial charge < -0.3 is 15.4 Å². The van der Waals surface area contributed by atoms with E-state index in [1.807, 2.05) is 0 Å². The topological polar surface area (TPSA) is 38.5 Å². The van der Waals surface area contributed by atoms with E-state index in [0.29, 0.717) is 17.5 Å². The molecule has 3 heteroatoms. The van der Waals surface area contributed by atoms with Gasteiger partial charge in [-0.05, 0) is 33.4 Å². The van der Waals surface area contributed by atoms with Gasteiger partial charge in [-0.3, -0.25) is 0 Å². The van der Waals surface area contributed by atoms with Crippen LogP contribution in [0.4, 0.5) is 0 Å². The zero-order valence-electron chi connectivity index (χ0n) is 8.62. The lowest BCUT2D eigenvalue weighted by molar-refractivity contribution is -0.101. The van der Waals surface area contributed by atoms with Gasteiger partial charge in [0, 0.05) is 30.7 Å². The minimum atomic E-state index is 0.377. The molecule has 0 bridgehead atoms. The van der Waals surface area contributed by atoms with E-state index in [0.717, 1.165) is 32.5 Å². The van der Waals surface area contributed by atoms with Gasteiger partial charge in [0.25, 0.3) is 0 Å². The van der Waals surface area contributed by atoms with Crippen molar-refractivity contribution in [2.24, 2.45) is 11.1 Å². The highest BCUT2D eigenvalue weighted by Crippen LogP contribution is 2.49. The van der Waals surface area contributed by atoms with Crippen LogP contribution in [0.1, 0.15) is 19.3 Å². The highest BCUT2D eigenvalue weighted by atomic mass is 16.5. The lowest BCUT2D eigenvalue weighted by atomic mass is 9.56. The Bertz CT molecular complexity index is 187. The van der Waals surface area contributed by atoms with Gasteiger partial charge in [0.2, 0.25) is 0 Å². The summed E-state index contributed by atoms with van der Waals surface area (Å²) in [5.74, 6) is 0. The number of hydrogen-bond donors (Lipinski definition) is 1. The second-order valence-electron chi connectivity index (χ2n) is 4.67. The first-order valence-corrected chi connectivity index (χ1v) is 5.16. The normalized spacial score (nSPS) is 37.8. The second kappa shape index (κ2) is 3.23. The zero-order chi connectivity index (χ0) is 9.47. The highest BCUT2D eigenvalue weighted by Gasteiger charge is 2.54. The summed E-state index contributed by atoms with van der Waals surface area (Å²) in [6.45, 7) is 1.80. The van der Waals surface area contributed by atoms with E-state index in [1.54, 1.807) is 0 Å². The molecule has 0 amide bonds. The molecule has 1 saturated heterocycles. The molecule has 2 unspecified atom stereocenters. The molecule has 3 nitrogen and oxygen atoms in total. The van der Waals surface area contributed by atoms with Crippen molar-refractivity contribution in [1.29, 1.82) is 0 Å². The fraction of sp³-hybridized carbons (Fsp3) is 1.00. The average molecular weight is 184 g/mol. The van der Waals surface area contributed by atoms with Gasteiger partial charge in [-0.1, -0.05) is 0 Å². The van der Waals surface area contributed by atoms with Crippen LogP contribution in [-0.4, -0.2) is 44.3 Å². The SMILES string of the molecule is CN(C)C1CC(N)C12CCOCC2. The molecule has 1 aliphatic carbocycles. The van der Waals surface area contributed by atoms with Crippen LogP contribution in [-0.2, 0) is 4.74 Å². The number of nitrogens with zero attached hydrogens (tertiary/aromatic N) is 1. The van der Waals surface area contributed by atoms with E-state index in [2.05, 4.69) is 19.0 Å². The van der Waals surface area contributed by atoms with E-state index in [-0.39, 0.29) is 0 Å². The van der Waals surface area contributed by atoms with Gasteiger partial charge >= 0.3 is 0 Å². The van der Waals surface area contributed by atoms with Crippen molar-refractivity contribution in [2.75, 3.05) is 27.3 Å². The van der Waals surface area contributed by atoms with Crippen LogP contribution >= 0.6 is 0 Å². The summed E-state index contributed by atoms with van der Waals surface area (Å²) in [5.41, 5.74) is 6.51. The molecule has 1 heterocycles. The molecule has 13 heavy (non-hydrogen) atoms. The van der Waals surface area contributed by atoms with Crippen LogP contribution in [0.25, 0.3) is 0 Å². The van der Waals surface area contributed by atoms with Crippen LogP contribution < -0.4 is 5.73 Å². The molecule has 0 aromatic heterocycles. The largest absolute Gasteiger partial charge is 0.381 e. The van der Waals surface area contributed by atoms with Gasteiger partial charge in [-0.15, -0.1) is 0 Å². The first kappa shape index (κ1) is 9.44. The van der Waals surface area contributed by atoms with Crippen molar-refractivity contribution in [3.05, 3.63) is 0 Å². The molecule has 2 fully saturated rings. The smallest absolute Gasteiger partial charge is 0.0472 e. The van der Waals surface area contributed by atoms with Crippen LogP contribution in [0.3, 0.4) is 0 Å². The van der Waals surface area contributed by atoms with E-state index >= 15 is 0 Å². The Morgan fingerprint density at radius 3 is 2.38 bits per heavy atom.